The SMILES string of the molecule is CSc1nc(Cl)nc2cc(C=O)oc12. The summed E-state index contributed by atoms with van der Waals surface area (Å²) in [6.07, 6.45) is 2.47. The van der Waals surface area contributed by atoms with Crippen LogP contribution >= 0.6 is 23.4 Å². The Bertz CT molecular complexity index is 497. The van der Waals surface area contributed by atoms with Crippen molar-refractivity contribution in [2.75, 3.05) is 6.26 Å². The van der Waals surface area contributed by atoms with E-state index in [4.69, 9.17) is 16.0 Å². The Morgan fingerprint density at radius 3 is 3.00 bits per heavy atom. The van der Waals surface area contributed by atoms with Crippen LogP contribution in [0.3, 0.4) is 0 Å². The smallest absolute Gasteiger partial charge is 0.224 e. The van der Waals surface area contributed by atoms with Crippen molar-refractivity contribution < 1.29 is 9.21 Å². The molecule has 0 aliphatic rings. The van der Waals surface area contributed by atoms with Crippen LogP contribution in [0.1, 0.15) is 10.6 Å². The Morgan fingerprint density at radius 2 is 2.36 bits per heavy atom. The van der Waals surface area contributed by atoms with E-state index in [1.165, 1.54) is 17.8 Å². The van der Waals surface area contributed by atoms with Gasteiger partial charge in [0, 0.05) is 6.07 Å². The van der Waals surface area contributed by atoms with Crippen LogP contribution in [0, 0.1) is 0 Å². The lowest BCUT2D eigenvalue weighted by Crippen LogP contribution is -1.85. The minimum atomic E-state index is 0.153. The summed E-state index contributed by atoms with van der Waals surface area (Å²) < 4.78 is 5.22. The summed E-state index contributed by atoms with van der Waals surface area (Å²) in [5.74, 6) is 0.229. The molecule has 6 heteroatoms. The molecule has 0 aliphatic heterocycles. The molecule has 0 bridgehead atoms. The molecule has 4 nitrogen and oxygen atoms in total. The monoisotopic (exact) mass is 228 g/mol. The highest BCUT2D eigenvalue weighted by Gasteiger charge is 2.11. The third-order valence-electron chi connectivity index (χ3n) is 1.64. The lowest BCUT2D eigenvalue weighted by molar-refractivity contribution is 0.110. The maximum Gasteiger partial charge on any atom is 0.224 e. The summed E-state index contributed by atoms with van der Waals surface area (Å²) in [4.78, 5) is 18.4. The second kappa shape index (κ2) is 3.59. The van der Waals surface area contributed by atoms with Crippen molar-refractivity contribution in [3.63, 3.8) is 0 Å². The average Bonchev–Trinajstić information content (AvgIpc) is 2.59. The molecule has 0 radical (unpaired) electrons. The van der Waals surface area contributed by atoms with Gasteiger partial charge in [-0.2, -0.15) is 0 Å². The van der Waals surface area contributed by atoms with E-state index < -0.39 is 0 Å². The Hall–Kier alpha value is -1.07. The number of carbonyl (C=O) groups excluding carboxylic acids is 1. The van der Waals surface area contributed by atoms with Crippen molar-refractivity contribution in [1.29, 1.82) is 0 Å². The van der Waals surface area contributed by atoms with Crippen molar-refractivity contribution in [1.82, 2.24) is 9.97 Å². The van der Waals surface area contributed by atoms with Gasteiger partial charge in [-0.05, 0) is 17.9 Å². The largest absolute Gasteiger partial charge is 0.449 e. The van der Waals surface area contributed by atoms with Crippen LogP contribution in [0.2, 0.25) is 5.28 Å². The van der Waals surface area contributed by atoms with Crippen LogP contribution in [0.4, 0.5) is 0 Å². The predicted octanol–water partition coefficient (Wildman–Crippen LogP) is 2.41. The van der Waals surface area contributed by atoms with Gasteiger partial charge in [0.15, 0.2) is 17.6 Å². The van der Waals surface area contributed by atoms with Crippen molar-refractivity contribution in [3.8, 4) is 0 Å². The van der Waals surface area contributed by atoms with Gasteiger partial charge in [0.2, 0.25) is 5.28 Å². The van der Waals surface area contributed by atoms with Gasteiger partial charge >= 0.3 is 0 Å². The molecule has 0 fully saturated rings. The van der Waals surface area contributed by atoms with Gasteiger partial charge in [-0.1, -0.05) is 0 Å². The second-order valence-corrected chi connectivity index (χ2v) is 3.62. The zero-order valence-corrected chi connectivity index (χ0v) is 8.72. The molecule has 0 N–H and O–H groups in total. The van der Waals surface area contributed by atoms with Crippen molar-refractivity contribution in [2.24, 2.45) is 0 Å². The Balaban J connectivity index is 2.77. The van der Waals surface area contributed by atoms with Gasteiger partial charge in [-0.25, -0.2) is 9.97 Å². The summed E-state index contributed by atoms with van der Waals surface area (Å²) in [7, 11) is 0. The van der Waals surface area contributed by atoms with Crippen LogP contribution in [0.15, 0.2) is 15.5 Å². The lowest BCUT2D eigenvalue weighted by Gasteiger charge is -1.95. The van der Waals surface area contributed by atoms with Gasteiger partial charge in [0.25, 0.3) is 0 Å². The molecule has 2 heterocycles. The van der Waals surface area contributed by atoms with Crippen LogP contribution in [-0.4, -0.2) is 22.5 Å². The highest BCUT2D eigenvalue weighted by Crippen LogP contribution is 2.26. The van der Waals surface area contributed by atoms with E-state index in [1.807, 2.05) is 6.26 Å². The molecule has 0 spiro atoms. The van der Waals surface area contributed by atoms with Gasteiger partial charge in [-0.3, -0.25) is 4.79 Å². The van der Waals surface area contributed by atoms with E-state index in [1.54, 1.807) is 0 Å². The maximum absolute atomic E-state index is 10.5. The topological polar surface area (TPSA) is 56.0 Å². The van der Waals surface area contributed by atoms with Crippen LogP contribution in [-0.2, 0) is 0 Å². The molecule has 14 heavy (non-hydrogen) atoms. The lowest BCUT2D eigenvalue weighted by atomic mass is 10.4. The number of hydrogen-bond donors (Lipinski definition) is 0. The fraction of sp³-hybridized carbons (Fsp3) is 0.125. The Morgan fingerprint density at radius 1 is 1.57 bits per heavy atom. The first kappa shape index (κ1) is 9.48. The predicted molar refractivity (Wildman–Crippen MR) is 54.0 cm³/mol. The summed E-state index contributed by atoms with van der Waals surface area (Å²) >= 11 is 7.08. The Labute approximate surface area is 88.7 Å². The first-order valence-corrected chi connectivity index (χ1v) is 5.31. The van der Waals surface area contributed by atoms with Gasteiger partial charge in [0.1, 0.15) is 10.5 Å². The molecule has 0 saturated heterocycles. The average molecular weight is 229 g/mol. The number of nitrogens with zero attached hydrogens (tertiary/aromatic N) is 2. The number of aromatic nitrogens is 2. The van der Waals surface area contributed by atoms with Gasteiger partial charge < -0.3 is 4.42 Å². The number of furan rings is 1. The van der Waals surface area contributed by atoms with E-state index in [-0.39, 0.29) is 11.0 Å². The molecular formula is C8H5ClN2O2S. The molecule has 2 rings (SSSR count). The fourth-order valence-corrected chi connectivity index (χ4v) is 1.83. The van der Waals surface area contributed by atoms with E-state index in [0.29, 0.717) is 22.4 Å². The highest BCUT2D eigenvalue weighted by atomic mass is 35.5. The number of aldehydes is 1. The molecule has 0 unspecified atom stereocenters. The first-order valence-electron chi connectivity index (χ1n) is 3.71. The maximum atomic E-state index is 10.5. The van der Waals surface area contributed by atoms with Crippen LogP contribution in [0.5, 0.6) is 0 Å². The highest BCUT2D eigenvalue weighted by molar-refractivity contribution is 7.98. The van der Waals surface area contributed by atoms with E-state index >= 15 is 0 Å². The number of fused-ring (bicyclic) bond motifs is 1. The molecule has 2 aromatic rings. The zero-order chi connectivity index (χ0) is 10.1. The molecule has 0 aromatic carbocycles. The molecule has 0 atom stereocenters. The minimum absolute atomic E-state index is 0.153. The first-order chi connectivity index (χ1) is 6.74. The number of halogens is 1. The van der Waals surface area contributed by atoms with Crippen molar-refractivity contribution >= 4 is 40.7 Å². The molecule has 2 aromatic heterocycles. The van der Waals surface area contributed by atoms with Gasteiger partial charge in [-0.15, -0.1) is 11.8 Å². The quantitative estimate of drug-likeness (QED) is 0.342. The standard InChI is InChI=1S/C8H5ClN2O2S/c1-14-7-6-5(10-8(9)11-7)2-4(3-12)13-6/h2-3H,1H3. The second-order valence-electron chi connectivity index (χ2n) is 2.48. The molecule has 0 saturated carbocycles. The summed E-state index contributed by atoms with van der Waals surface area (Å²) in [5, 5.41) is 0.785. The Kier molecular flexibility index (Phi) is 2.43. The molecule has 0 amide bonds. The summed E-state index contributed by atoms with van der Waals surface area (Å²) in [6, 6.07) is 1.54. The number of rotatable bonds is 2. The molecular weight excluding hydrogens is 224 g/mol. The molecule has 0 aliphatic carbocycles. The van der Waals surface area contributed by atoms with Crippen molar-refractivity contribution in [2.45, 2.75) is 5.03 Å². The van der Waals surface area contributed by atoms with E-state index in [9.17, 15) is 4.79 Å². The number of carbonyl (C=O) groups is 1. The molecule has 72 valence electrons. The van der Waals surface area contributed by atoms with E-state index in [0.717, 1.165) is 0 Å². The van der Waals surface area contributed by atoms with Gasteiger partial charge in [0.05, 0.1) is 0 Å². The number of thioether (sulfide) groups is 1. The third kappa shape index (κ3) is 1.49. The minimum Gasteiger partial charge on any atom is -0.449 e. The van der Waals surface area contributed by atoms with E-state index in [2.05, 4.69) is 9.97 Å². The number of hydrogen-bond acceptors (Lipinski definition) is 5. The summed E-state index contributed by atoms with van der Waals surface area (Å²) in [6.45, 7) is 0. The normalized spacial score (nSPS) is 10.7. The fourth-order valence-electron chi connectivity index (χ4n) is 1.09. The van der Waals surface area contributed by atoms with Crippen molar-refractivity contribution in [3.05, 3.63) is 17.1 Å². The summed E-state index contributed by atoms with van der Waals surface area (Å²) in [5.41, 5.74) is 1.06. The third-order valence-corrected chi connectivity index (χ3v) is 2.47. The van der Waals surface area contributed by atoms with Crippen LogP contribution < -0.4 is 0 Å². The van der Waals surface area contributed by atoms with Crippen LogP contribution in [0.25, 0.3) is 11.1 Å². The zero-order valence-electron chi connectivity index (χ0n) is 7.15.